The molecule has 224 valence electrons. The van der Waals surface area contributed by atoms with Gasteiger partial charge in [-0.2, -0.15) is 4.57 Å². The van der Waals surface area contributed by atoms with Crippen LogP contribution in [0, 0.1) is 0 Å². The maximum absolute atomic E-state index is 13.1. The van der Waals surface area contributed by atoms with Crippen LogP contribution in [0.1, 0.15) is 116 Å². The zero-order chi connectivity index (χ0) is 29.3. The van der Waals surface area contributed by atoms with E-state index in [0.717, 1.165) is 23.4 Å². The molecule has 1 heterocycles. The molecule has 0 fully saturated rings. The van der Waals surface area contributed by atoms with Crippen LogP contribution in [0.4, 0.5) is 16.2 Å². The monoisotopic (exact) mass is 578 g/mol. The first-order valence-electron chi connectivity index (χ1n) is 15.7. The molecule has 41 heavy (non-hydrogen) atoms. The van der Waals surface area contributed by atoms with Gasteiger partial charge in [-0.25, -0.2) is 4.79 Å². The van der Waals surface area contributed by atoms with Crippen molar-refractivity contribution in [1.29, 1.82) is 0 Å². The van der Waals surface area contributed by atoms with Gasteiger partial charge in [0.15, 0.2) is 12.7 Å². The maximum Gasteiger partial charge on any atom is 0.323 e. The Morgan fingerprint density at radius 2 is 1.46 bits per heavy atom. The summed E-state index contributed by atoms with van der Waals surface area (Å²) in [5.74, 6) is 0.734. The number of carbonyl (C=O) groups excluding carboxylic acids is 1. The fourth-order valence-electron chi connectivity index (χ4n) is 4.94. The van der Waals surface area contributed by atoms with E-state index in [-0.39, 0.29) is 11.4 Å². The van der Waals surface area contributed by atoms with E-state index in [4.69, 9.17) is 4.74 Å². The Labute approximate surface area is 252 Å². The lowest BCUT2D eigenvalue weighted by Crippen LogP contribution is -2.31. The third-order valence-electron chi connectivity index (χ3n) is 7.50. The second-order valence-electron chi connectivity index (χ2n) is 12.1. The van der Waals surface area contributed by atoms with Crippen molar-refractivity contribution in [3.63, 3.8) is 0 Å². The highest BCUT2D eigenvalue weighted by molar-refractivity contribution is 7.07. The summed E-state index contributed by atoms with van der Waals surface area (Å²) in [6, 6.07) is 13.8. The third kappa shape index (κ3) is 12.3. The minimum atomic E-state index is -0.272. The van der Waals surface area contributed by atoms with E-state index in [9.17, 15) is 4.79 Å². The Balaban J connectivity index is 1.48. The number of para-hydroxylation sites is 1. The molecule has 5 nitrogen and oxygen atoms in total. The normalized spacial score (nSPS) is 11.4. The van der Waals surface area contributed by atoms with Gasteiger partial charge in [-0.05, 0) is 35.6 Å². The molecule has 0 aliphatic heterocycles. The number of urea groups is 1. The number of amides is 2. The van der Waals surface area contributed by atoms with Gasteiger partial charge in [-0.3, -0.25) is 0 Å². The maximum atomic E-state index is 13.1. The van der Waals surface area contributed by atoms with Crippen molar-refractivity contribution in [3.05, 3.63) is 70.7 Å². The number of hydrogen-bond acceptors (Lipinski definition) is 3. The first-order chi connectivity index (χ1) is 19.9. The Morgan fingerprint density at radius 3 is 2.10 bits per heavy atom. The van der Waals surface area contributed by atoms with E-state index in [2.05, 4.69) is 60.5 Å². The van der Waals surface area contributed by atoms with Crippen molar-refractivity contribution in [2.24, 2.45) is 0 Å². The summed E-state index contributed by atoms with van der Waals surface area (Å²) in [6.07, 6.45) is 17.8. The lowest BCUT2D eigenvalue weighted by molar-refractivity contribution is -0.683. The number of anilines is 2. The quantitative estimate of drug-likeness (QED) is 0.117. The molecule has 0 radical (unpaired) electrons. The second-order valence-corrected chi connectivity index (χ2v) is 12.9. The predicted molar refractivity (Wildman–Crippen MR) is 174 cm³/mol. The topological polar surface area (TPSA) is 54.2 Å². The average molecular weight is 579 g/mol. The molecule has 0 bridgehead atoms. The molecular weight excluding hydrogens is 526 g/mol. The molecule has 2 amide bonds. The Bertz CT molecular complexity index is 1150. The Hall–Kier alpha value is -2.86. The Kier molecular flexibility index (Phi) is 14.2. The van der Waals surface area contributed by atoms with Crippen molar-refractivity contribution in [2.75, 3.05) is 17.2 Å². The van der Waals surface area contributed by atoms with Crippen LogP contribution in [0.2, 0.25) is 0 Å². The van der Waals surface area contributed by atoms with Crippen LogP contribution < -0.4 is 19.9 Å². The summed E-state index contributed by atoms with van der Waals surface area (Å²) >= 11 is 1.65. The number of unbranched alkanes of at least 4 members (excludes halogenated alkanes) is 11. The van der Waals surface area contributed by atoms with Crippen LogP contribution in [0.3, 0.4) is 0 Å². The highest BCUT2D eigenvalue weighted by Crippen LogP contribution is 2.32. The summed E-state index contributed by atoms with van der Waals surface area (Å²) in [5, 5.41) is 8.13. The van der Waals surface area contributed by atoms with E-state index in [1.807, 2.05) is 41.9 Å². The number of carbonyl (C=O) groups is 1. The summed E-state index contributed by atoms with van der Waals surface area (Å²) in [6.45, 7) is 10.2. The summed E-state index contributed by atoms with van der Waals surface area (Å²) in [5.41, 5.74) is 5.79. The van der Waals surface area contributed by atoms with Gasteiger partial charge in [-0.15, -0.1) is 0 Å². The number of hydrogen-bond donors (Lipinski definition) is 2. The standard InChI is InChI=1S/C35H51N3O2S/c1-5-6-7-8-9-10-11-12-13-14-15-18-24-40-33-26-30(35(2,3)4)21-22-32(33)37-34(39)36-31-20-17-16-19-29(31)27-38-23-25-41-28-38/h16-17,19-23,25-26,28H,5-15,18,24,27H2,1-4H3,(H-,36,37,39)/p+1. The van der Waals surface area contributed by atoms with Crippen molar-refractivity contribution >= 4 is 28.7 Å². The molecule has 6 heteroatoms. The van der Waals surface area contributed by atoms with E-state index in [1.165, 1.54) is 76.2 Å². The molecule has 0 aliphatic rings. The molecule has 0 unspecified atom stereocenters. The minimum Gasteiger partial charge on any atom is -0.491 e. The minimum absolute atomic E-state index is 0.00678. The lowest BCUT2D eigenvalue weighted by Gasteiger charge is -2.22. The fourth-order valence-corrected chi connectivity index (χ4v) is 5.54. The van der Waals surface area contributed by atoms with Crippen molar-refractivity contribution in [3.8, 4) is 5.75 Å². The van der Waals surface area contributed by atoms with Gasteiger partial charge in [0.25, 0.3) is 0 Å². The van der Waals surface area contributed by atoms with Gasteiger partial charge in [0, 0.05) is 5.56 Å². The first kappa shape index (κ1) is 32.7. The number of rotatable bonds is 18. The Morgan fingerprint density at radius 1 is 0.829 bits per heavy atom. The smallest absolute Gasteiger partial charge is 0.323 e. The number of aromatic nitrogens is 1. The van der Waals surface area contributed by atoms with Gasteiger partial charge in [0.05, 0.1) is 23.4 Å². The third-order valence-corrected chi connectivity index (χ3v) is 8.17. The zero-order valence-corrected chi connectivity index (χ0v) is 26.7. The van der Waals surface area contributed by atoms with Gasteiger partial charge < -0.3 is 15.4 Å². The van der Waals surface area contributed by atoms with Gasteiger partial charge in [0.2, 0.25) is 5.51 Å². The summed E-state index contributed by atoms with van der Waals surface area (Å²) in [7, 11) is 0. The molecule has 3 aromatic rings. The van der Waals surface area contributed by atoms with Crippen LogP contribution in [-0.4, -0.2) is 12.6 Å². The molecule has 2 N–H and O–H groups in total. The zero-order valence-electron chi connectivity index (χ0n) is 25.8. The molecule has 0 saturated carbocycles. The number of nitrogens with zero attached hydrogens (tertiary/aromatic N) is 1. The van der Waals surface area contributed by atoms with E-state index < -0.39 is 0 Å². The van der Waals surface area contributed by atoms with Gasteiger partial charge in [0.1, 0.15) is 5.75 Å². The number of nitrogens with one attached hydrogen (secondary N) is 2. The highest BCUT2D eigenvalue weighted by Gasteiger charge is 2.18. The molecule has 2 aromatic carbocycles. The van der Waals surface area contributed by atoms with E-state index in [1.54, 1.807) is 11.3 Å². The number of benzene rings is 2. The van der Waals surface area contributed by atoms with Crippen LogP contribution in [0.15, 0.2) is 59.6 Å². The molecule has 1 aromatic heterocycles. The molecule has 0 saturated heterocycles. The molecule has 0 spiro atoms. The first-order valence-corrected chi connectivity index (χ1v) is 16.7. The van der Waals surface area contributed by atoms with Crippen LogP contribution in [0.25, 0.3) is 0 Å². The van der Waals surface area contributed by atoms with Crippen LogP contribution in [0.5, 0.6) is 5.75 Å². The summed E-state index contributed by atoms with van der Waals surface area (Å²) in [4.78, 5) is 13.1. The largest absolute Gasteiger partial charge is 0.491 e. The van der Waals surface area contributed by atoms with Crippen molar-refractivity contribution in [2.45, 2.75) is 117 Å². The van der Waals surface area contributed by atoms with E-state index in [0.29, 0.717) is 18.8 Å². The van der Waals surface area contributed by atoms with Gasteiger partial charge >= 0.3 is 6.03 Å². The second kappa shape index (κ2) is 17.8. The molecule has 3 rings (SSSR count). The number of ether oxygens (including phenoxy) is 1. The molecular formula is C35H52N3O2S+. The van der Waals surface area contributed by atoms with E-state index >= 15 is 0 Å². The highest BCUT2D eigenvalue weighted by atomic mass is 32.1. The van der Waals surface area contributed by atoms with Crippen molar-refractivity contribution < 1.29 is 14.1 Å². The molecule has 0 atom stereocenters. The predicted octanol–water partition coefficient (Wildman–Crippen LogP) is 10.1. The SMILES string of the molecule is CCCCCCCCCCCCCCOc1cc(C(C)(C)C)ccc1NC(=O)Nc1ccccc1C[n+]1ccsc1. The van der Waals surface area contributed by atoms with Gasteiger partial charge in [-0.1, -0.05) is 134 Å². The molecule has 0 aliphatic carbocycles. The fraction of sp³-hybridized carbons (Fsp3) is 0.543. The van der Waals surface area contributed by atoms with Crippen molar-refractivity contribution in [1.82, 2.24) is 0 Å². The average Bonchev–Trinajstić information content (AvgIpc) is 3.45. The lowest BCUT2D eigenvalue weighted by atomic mass is 9.87. The van der Waals surface area contributed by atoms with Crippen LogP contribution in [-0.2, 0) is 12.0 Å². The number of thiazole rings is 1. The van der Waals surface area contributed by atoms with Crippen LogP contribution >= 0.6 is 11.3 Å². The summed E-state index contributed by atoms with van der Waals surface area (Å²) < 4.78 is 8.37.